The van der Waals surface area contributed by atoms with E-state index in [1.54, 1.807) is 6.92 Å². The van der Waals surface area contributed by atoms with E-state index in [1.165, 1.54) is 12.0 Å². The van der Waals surface area contributed by atoms with Gasteiger partial charge in [-0.15, -0.1) is 0 Å². The molecule has 5 nitrogen and oxygen atoms in total. The fourth-order valence-electron chi connectivity index (χ4n) is 1.77. The SMILES string of the molecule is COCC(C)C(=O)N1CCC(F)(C(=O)O)C1. The Morgan fingerprint density at radius 1 is 1.62 bits per heavy atom. The molecule has 92 valence electrons. The highest BCUT2D eigenvalue weighted by Crippen LogP contribution is 2.26. The molecule has 1 aliphatic heterocycles. The van der Waals surface area contributed by atoms with E-state index in [9.17, 15) is 14.0 Å². The van der Waals surface area contributed by atoms with Gasteiger partial charge in [-0.05, 0) is 0 Å². The first-order valence-electron chi connectivity index (χ1n) is 5.11. The summed E-state index contributed by atoms with van der Waals surface area (Å²) in [5, 5.41) is 8.68. The molecule has 0 aromatic carbocycles. The first-order chi connectivity index (χ1) is 7.40. The Labute approximate surface area is 93.2 Å². The lowest BCUT2D eigenvalue weighted by molar-refractivity contribution is -0.150. The van der Waals surface area contributed by atoms with Gasteiger partial charge in [0.2, 0.25) is 11.6 Å². The third kappa shape index (κ3) is 2.49. The lowest BCUT2D eigenvalue weighted by Crippen LogP contribution is -2.41. The highest BCUT2D eigenvalue weighted by molar-refractivity contribution is 5.83. The summed E-state index contributed by atoms with van der Waals surface area (Å²) in [6.45, 7) is 1.71. The smallest absolute Gasteiger partial charge is 0.343 e. The van der Waals surface area contributed by atoms with E-state index >= 15 is 0 Å². The molecular weight excluding hydrogens is 217 g/mol. The van der Waals surface area contributed by atoms with E-state index in [0.29, 0.717) is 0 Å². The largest absolute Gasteiger partial charge is 0.479 e. The standard InChI is InChI=1S/C10H16FNO4/c1-7(5-16-2)8(13)12-4-3-10(11,6-12)9(14)15/h7H,3-6H2,1-2H3,(H,14,15). The van der Waals surface area contributed by atoms with E-state index < -0.39 is 11.6 Å². The van der Waals surface area contributed by atoms with Crippen molar-refractivity contribution in [2.45, 2.75) is 19.0 Å². The second-order valence-electron chi connectivity index (χ2n) is 4.14. The van der Waals surface area contributed by atoms with Gasteiger partial charge in [-0.25, -0.2) is 9.18 Å². The Morgan fingerprint density at radius 2 is 2.25 bits per heavy atom. The quantitative estimate of drug-likeness (QED) is 0.758. The van der Waals surface area contributed by atoms with Crippen LogP contribution in [0.25, 0.3) is 0 Å². The molecular formula is C10H16FNO4. The van der Waals surface area contributed by atoms with Gasteiger partial charge in [-0.1, -0.05) is 6.92 Å². The fourth-order valence-corrected chi connectivity index (χ4v) is 1.77. The third-order valence-corrected chi connectivity index (χ3v) is 2.75. The van der Waals surface area contributed by atoms with Crippen molar-refractivity contribution in [2.75, 3.05) is 26.8 Å². The van der Waals surface area contributed by atoms with Crippen LogP contribution >= 0.6 is 0 Å². The molecule has 0 aliphatic carbocycles. The van der Waals surface area contributed by atoms with Gasteiger partial charge in [-0.3, -0.25) is 4.79 Å². The predicted molar refractivity (Wildman–Crippen MR) is 53.7 cm³/mol. The second kappa shape index (κ2) is 4.78. The number of alkyl halides is 1. The summed E-state index contributed by atoms with van der Waals surface area (Å²) in [5.41, 5.74) is -2.29. The van der Waals surface area contributed by atoms with Crippen LogP contribution < -0.4 is 0 Å². The number of carbonyl (C=O) groups is 2. The summed E-state index contributed by atoms with van der Waals surface area (Å²) >= 11 is 0. The van der Waals surface area contributed by atoms with Crippen molar-refractivity contribution in [1.29, 1.82) is 0 Å². The molecule has 1 rings (SSSR count). The van der Waals surface area contributed by atoms with Crippen LogP contribution in [0.2, 0.25) is 0 Å². The highest BCUT2D eigenvalue weighted by atomic mass is 19.1. The average Bonchev–Trinajstić information content (AvgIpc) is 2.61. The number of carbonyl (C=O) groups excluding carboxylic acids is 1. The summed E-state index contributed by atoms with van der Waals surface area (Å²) in [6.07, 6.45) is -0.145. The number of carboxylic acid groups (broad SMARTS) is 1. The molecule has 2 unspecified atom stereocenters. The van der Waals surface area contributed by atoms with E-state index in [0.717, 1.165) is 0 Å². The number of hydrogen-bond acceptors (Lipinski definition) is 3. The zero-order valence-electron chi connectivity index (χ0n) is 9.40. The number of methoxy groups -OCH3 is 1. The van der Waals surface area contributed by atoms with Gasteiger partial charge >= 0.3 is 5.97 Å². The minimum atomic E-state index is -2.29. The molecule has 0 saturated carbocycles. The molecule has 1 fully saturated rings. The fraction of sp³-hybridized carbons (Fsp3) is 0.800. The van der Waals surface area contributed by atoms with E-state index in [1.807, 2.05) is 0 Å². The lowest BCUT2D eigenvalue weighted by Gasteiger charge is -2.21. The van der Waals surface area contributed by atoms with Gasteiger partial charge in [0.15, 0.2) is 0 Å². The van der Waals surface area contributed by atoms with E-state index in [-0.39, 0.29) is 37.9 Å². The Morgan fingerprint density at radius 3 is 2.69 bits per heavy atom. The topological polar surface area (TPSA) is 66.8 Å². The first-order valence-corrected chi connectivity index (χ1v) is 5.11. The third-order valence-electron chi connectivity index (χ3n) is 2.75. The summed E-state index contributed by atoms with van der Waals surface area (Å²) < 4.78 is 18.5. The Balaban J connectivity index is 2.59. The minimum absolute atomic E-state index is 0.145. The van der Waals surface area contributed by atoms with Gasteiger partial charge in [0.05, 0.1) is 19.1 Å². The number of aliphatic carboxylic acids is 1. The summed E-state index contributed by atoms with van der Waals surface area (Å²) in [7, 11) is 1.48. The average molecular weight is 233 g/mol. The second-order valence-corrected chi connectivity index (χ2v) is 4.14. The molecule has 1 aliphatic rings. The number of carboxylic acids is 1. The summed E-state index contributed by atoms with van der Waals surface area (Å²) in [6, 6.07) is 0. The molecule has 1 amide bonds. The van der Waals surface area contributed by atoms with Crippen molar-refractivity contribution in [2.24, 2.45) is 5.92 Å². The van der Waals surface area contributed by atoms with Crippen LogP contribution in [-0.4, -0.2) is 54.4 Å². The number of likely N-dealkylation sites (tertiary alicyclic amines) is 1. The van der Waals surface area contributed by atoms with Crippen LogP contribution in [0.3, 0.4) is 0 Å². The molecule has 2 atom stereocenters. The maximum Gasteiger partial charge on any atom is 0.343 e. The van der Waals surface area contributed by atoms with Crippen LogP contribution in [0.4, 0.5) is 4.39 Å². The number of hydrogen-bond donors (Lipinski definition) is 1. The van der Waals surface area contributed by atoms with Crippen molar-refractivity contribution < 1.29 is 23.8 Å². The van der Waals surface area contributed by atoms with Crippen molar-refractivity contribution in [3.63, 3.8) is 0 Å². The van der Waals surface area contributed by atoms with Crippen molar-refractivity contribution in [3.8, 4) is 0 Å². The van der Waals surface area contributed by atoms with Gasteiger partial charge in [-0.2, -0.15) is 0 Å². The number of halogens is 1. The van der Waals surface area contributed by atoms with Crippen molar-refractivity contribution in [1.82, 2.24) is 4.90 Å². The van der Waals surface area contributed by atoms with Crippen LogP contribution in [-0.2, 0) is 14.3 Å². The number of rotatable bonds is 4. The number of amides is 1. The number of nitrogens with zero attached hydrogens (tertiary/aromatic N) is 1. The van der Waals surface area contributed by atoms with Crippen LogP contribution in [0, 0.1) is 5.92 Å². The maximum atomic E-state index is 13.7. The molecule has 0 aromatic rings. The zero-order valence-corrected chi connectivity index (χ0v) is 9.40. The summed E-state index contributed by atoms with van der Waals surface area (Å²) in [5.74, 6) is -2.13. The zero-order chi connectivity index (χ0) is 12.3. The van der Waals surface area contributed by atoms with Crippen molar-refractivity contribution in [3.05, 3.63) is 0 Å². The van der Waals surface area contributed by atoms with Crippen LogP contribution in [0.5, 0.6) is 0 Å². The predicted octanol–water partition coefficient (Wildman–Crippen LogP) is 0.294. The molecule has 0 radical (unpaired) electrons. The van der Waals surface area contributed by atoms with Gasteiger partial charge in [0, 0.05) is 20.1 Å². The van der Waals surface area contributed by atoms with Gasteiger partial charge in [0.1, 0.15) is 0 Å². The molecule has 1 heterocycles. The Kier molecular flexibility index (Phi) is 3.85. The normalized spacial score (nSPS) is 26.8. The molecule has 0 aromatic heterocycles. The van der Waals surface area contributed by atoms with Gasteiger partial charge < -0.3 is 14.7 Å². The molecule has 16 heavy (non-hydrogen) atoms. The Bertz CT molecular complexity index is 297. The minimum Gasteiger partial charge on any atom is -0.479 e. The van der Waals surface area contributed by atoms with Crippen LogP contribution in [0.15, 0.2) is 0 Å². The molecule has 0 bridgehead atoms. The van der Waals surface area contributed by atoms with Crippen molar-refractivity contribution >= 4 is 11.9 Å². The van der Waals surface area contributed by atoms with E-state index in [4.69, 9.17) is 9.84 Å². The Hall–Kier alpha value is -1.17. The number of ether oxygens (including phenoxy) is 1. The van der Waals surface area contributed by atoms with E-state index in [2.05, 4.69) is 0 Å². The lowest BCUT2D eigenvalue weighted by atomic mass is 10.1. The molecule has 6 heteroatoms. The van der Waals surface area contributed by atoms with Gasteiger partial charge in [0.25, 0.3) is 0 Å². The molecule has 1 N–H and O–H groups in total. The summed E-state index contributed by atoms with van der Waals surface area (Å²) in [4.78, 5) is 23.6. The first kappa shape index (κ1) is 12.9. The highest BCUT2D eigenvalue weighted by Gasteiger charge is 2.47. The van der Waals surface area contributed by atoms with Crippen LogP contribution in [0.1, 0.15) is 13.3 Å². The monoisotopic (exact) mass is 233 g/mol. The molecule has 0 spiro atoms. The maximum absolute atomic E-state index is 13.7. The molecule has 1 saturated heterocycles.